The zero-order valence-corrected chi connectivity index (χ0v) is 17.5. The van der Waals surface area contributed by atoms with Gasteiger partial charge in [0.1, 0.15) is 18.0 Å². The van der Waals surface area contributed by atoms with Crippen LogP contribution in [0.4, 0.5) is 10.5 Å². The first kappa shape index (κ1) is 21.1. The first-order valence-corrected chi connectivity index (χ1v) is 9.57. The van der Waals surface area contributed by atoms with Crippen LogP contribution >= 0.6 is 0 Å². The Bertz CT molecular complexity index is 1000. The van der Waals surface area contributed by atoms with Gasteiger partial charge >= 0.3 is 6.03 Å². The van der Waals surface area contributed by atoms with Gasteiger partial charge < -0.3 is 15.4 Å². The zero-order valence-electron chi connectivity index (χ0n) is 17.5. The highest BCUT2D eigenvalue weighted by Crippen LogP contribution is 2.24. The van der Waals surface area contributed by atoms with Gasteiger partial charge in [-0.15, -0.1) is 0 Å². The molecular formula is C23H25N3O4. The topological polar surface area (TPSA) is 87.7 Å². The zero-order chi connectivity index (χ0) is 21.9. The van der Waals surface area contributed by atoms with E-state index in [1.807, 2.05) is 24.3 Å². The van der Waals surface area contributed by atoms with Gasteiger partial charge in [-0.05, 0) is 34.8 Å². The molecular weight excluding hydrogens is 382 g/mol. The molecule has 1 aliphatic heterocycles. The van der Waals surface area contributed by atoms with Crippen LogP contribution in [0.5, 0.6) is 5.75 Å². The molecule has 7 heteroatoms. The van der Waals surface area contributed by atoms with Crippen LogP contribution in [0.2, 0.25) is 0 Å². The molecule has 0 bridgehead atoms. The molecule has 0 unspecified atom stereocenters. The van der Waals surface area contributed by atoms with E-state index in [1.54, 1.807) is 30.3 Å². The number of nitrogens with zero attached hydrogens (tertiary/aromatic N) is 1. The van der Waals surface area contributed by atoms with Crippen LogP contribution in [-0.2, 0) is 15.0 Å². The highest BCUT2D eigenvalue weighted by atomic mass is 16.5. The number of urea groups is 1. The molecule has 0 aromatic heterocycles. The monoisotopic (exact) mass is 407 g/mol. The number of nitrogens with one attached hydrogen (secondary N) is 2. The van der Waals surface area contributed by atoms with Gasteiger partial charge in [0.25, 0.3) is 5.91 Å². The number of carbonyl (C=O) groups is 3. The molecule has 3 rings (SSSR count). The Morgan fingerprint density at radius 2 is 1.77 bits per heavy atom. The van der Waals surface area contributed by atoms with Crippen molar-refractivity contribution in [2.75, 3.05) is 19.0 Å². The number of anilines is 1. The van der Waals surface area contributed by atoms with Crippen molar-refractivity contribution in [3.8, 4) is 5.75 Å². The maximum Gasteiger partial charge on any atom is 0.329 e. The third-order valence-electron chi connectivity index (χ3n) is 4.73. The molecule has 1 heterocycles. The van der Waals surface area contributed by atoms with E-state index in [-0.39, 0.29) is 11.1 Å². The summed E-state index contributed by atoms with van der Waals surface area (Å²) in [4.78, 5) is 38.1. The first-order chi connectivity index (χ1) is 14.2. The summed E-state index contributed by atoms with van der Waals surface area (Å²) < 4.78 is 5.19. The number of hydrogen-bond donors (Lipinski definition) is 2. The van der Waals surface area contributed by atoms with Gasteiger partial charge in [-0.25, -0.2) is 9.69 Å². The second kappa shape index (κ2) is 8.41. The number of methoxy groups -OCH3 is 1. The highest BCUT2D eigenvalue weighted by molar-refractivity contribution is 6.16. The van der Waals surface area contributed by atoms with Crippen LogP contribution in [0.15, 0.2) is 54.2 Å². The summed E-state index contributed by atoms with van der Waals surface area (Å²) >= 11 is 0. The van der Waals surface area contributed by atoms with Crippen molar-refractivity contribution >= 4 is 29.6 Å². The van der Waals surface area contributed by atoms with E-state index in [1.165, 1.54) is 12.7 Å². The molecule has 0 atom stereocenters. The van der Waals surface area contributed by atoms with Gasteiger partial charge in [0.2, 0.25) is 5.91 Å². The highest BCUT2D eigenvalue weighted by Gasteiger charge is 2.35. The number of para-hydroxylation sites is 2. The Kier molecular flexibility index (Phi) is 5.91. The first-order valence-electron chi connectivity index (χ1n) is 9.57. The smallest absolute Gasteiger partial charge is 0.329 e. The third kappa shape index (κ3) is 4.68. The van der Waals surface area contributed by atoms with Gasteiger partial charge in [0.15, 0.2) is 0 Å². The Labute approximate surface area is 175 Å². The molecule has 7 nitrogen and oxygen atoms in total. The minimum absolute atomic E-state index is 0.0225. The van der Waals surface area contributed by atoms with E-state index in [0.717, 1.165) is 10.5 Å². The van der Waals surface area contributed by atoms with Gasteiger partial charge in [0.05, 0.1) is 12.8 Å². The molecule has 2 aromatic rings. The molecule has 0 saturated carbocycles. The summed E-state index contributed by atoms with van der Waals surface area (Å²) in [5.74, 6) is -0.559. The van der Waals surface area contributed by atoms with Crippen LogP contribution in [0.1, 0.15) is 31.9 Å². The molecule has 30 heavy (non-hydrogen) atoms. The summed E-state index contributed by atoms with van der Waals surface area (Å²) in [5, 5.41) is 5.19. The van der Waals surface area contributed by atoms with Gasteiger partial charge in [-0.3, -0.25) is 9.59 Å². The van der Waals surface area contributed by atoms with Gasteiger partial charge in [-0.2, -0.15) is 0 Å². The van der Waals surface area contributed by atoms with Crippen molar-refractivity contribution in [3.05, 3.63) is 65.4 Å². The molecule has 2 aromatic carbocycles. The number of rotatable bonds is 5. The maximum atomic E-state index is 12.6. The average Bonchev–Trinajstić information content (AvgIpc) is 2.95. The van der Waals surface area contributed by atoms with Crippen molar-refractivity contribution in [1.82, 2.24) is 10.2 Å². The molecule has 0 aliphatic carbocycles. The van der Waals surface area contributed by atoms with Crippen LogP contribution in [-0.4, -0.2) is 36.4 Å². The fourth-order valence-electron chi connectivity index (χ4n) is 3.04. The SMILES string of the molecule is COc1ccccc1NC(=O)CN1C(=O)N/C(=C/c2ccc(C(C)(C)C)cc2)C1=O. The fourth-order valence-corrected chi connectivity index (χ4v) is 3.04. The predicted molar refractivity (Wildman–Crippen MR) is 115 cm³/mol. The van der Waals surface area contributed by atoms with Crippen molar-refractivity contribution in [2.45, 2.75) is 26.2 Å². The second-order valence-electron chi connectivity index (χ2n) is 8.00. The standard InChI is InChI=1S/C23H25N3O4/c1-23(2,3)16-11-9-15(10-12-16)13-18-21(28)26(22(29)25-18)14-20(27)24-17-7-5-6-8-19(17)30-4/h5-13H,14H2,1-4H3,(H,24,27)(H,25,29)/b18-13+. The Balaban J connectivity index is 1.70. The Hall–Kier alpha value is -3.61. The molecule has 0 spiro atoms. The van der Waals surface area contributed by atoms with Crippen molar-refractivity contribution in [2.24, 2.45) is 0 Å². The molecule has 2 N–H and O–H groups in total. The van der Waals surface area contributed by atoms with E-state index >= 15 is 0 Å². The molecule has 1 saturated heterocycles. The van der Waals surface area contributed by atoms with Crippen molar-refractivity contribution in [3.63, 3.8) is 0 Å². The number of hydrogen-bond acceptors (Lipinski definition) is 4. The van der Waals surface area contributed by atoms with E-state index < -0.39 is 24.4 Å². The Morgan fingerprint density at radius 1 is 1.10 bits per heavy atom. The lowest BCUT2D eigenvalue weighted by Gasteiger charge is -2.18. The van der Waals surface area contributed by atoms with E-state index in [9.17, 15) is 14.4 Å². The van der Waals surface area contributed by atoms with E-state index in [2.05, 4.69) is 31.4 Å². The maximum absolute atomic E-state index is 12.6. The number of imide groups is 1. The lowest BCUT2D eigenvalue weighted by molar-refractivity contribution is -0.127. The van der Waals surface area contributed by atoms with E-state index in [0.29, 0.717) is 11.4 Å². The van der Waals surface area contributed by atoms with Crippen LogP contribution < -0.4 is 15.4 Å². The minimum atomic E-state index is -0.632. The summed E-state index contributed by atoms with van der Waals surface area (Å²) in [7, 11) is 1.49. The number of ether oxygens (including phenoxy) is 1. The average molecular weight is 407 g/mol. The molecule has 1 fully saturated rings. The largest absolute Gasteiger partial charge is 0.495 e. The van der Waals surface area contributed by atoms with Crippen LogP contribution in [0.25, 0.3) is 6.08 Å². The van der Waals surface area contributed by atoms with Gasteiger partial charge in [0, 0.05) is 0 Å². The lowest BCUT2D eigenvalue weighted by atomic mass is 9.87. The summed E-state index contributed by atoms with van der Waals surface area (Å²) in [6.07, 6.45) is 1.60. The molecule has 156 valence electrons. The quantitative estimate of drug-likeness (QED) is 0.586. The van der Waals surface area contributed by atoms with Gasteiger partial charge in [-0.1, -0.05) is 57.2 Å². The normalized spacial score (nSPS) is 15.3. The second-order valence-corrected chi connectivity index (χ2v) is 8.00. The third-order valence-corrected chi connectivity index (χ3v) is 4.73. The van der Waals surface area contributed by atoms with Crippen LogP contribution in [0.3, 0.4) is 0 Å². The van der Waals surface area contributed by atoms with Crippen molar-refractivity contribution < 1.29 is 19.1 Å². The van der Waals surface area contributed by atoms with Crippen LogP contribution in [0, 0.1) is 0 Å². The number of amides is 4. The number of carbonyl (C=O) groups excluding carboxylic acids is 3. The lowest BCUT2D eigenvalue weighted by Crippen LogP contribution is -2.38. The molecule has 1 aliphatic rings. The summed E-state index contributed by atoms with van der Waals surface area (Å²) in [6, 6.07) is 14.0. The molecule has 4 amide bonds. The molecule has 0 radical (unpaired) electrons. The van der Waals surface area contributed by atoms with E-state index in [4.69, 9.17) is 4.74 Å². The number of benzene rings is 2. The summed E-state index contributed by atoms with van der Waals surface area (Å²) in [5.41, 5.74) is 2.57. The minimum Gasteiger partial charge on any atom is -0.495 e. The van der Waals surface area contributed by atoms with Crippen molar-refractivity contribution in [1.29, 1.82) is 0 Å². The predicted octanol–water partition coefficient (Wildman–Crippen LogP) is 3.52. The summed E-state index contributed by atoms with van der Waals surface area (Å²) in [6.45, 7) is 5.96. The fraction of sp³-hybridized carbons (Fsp3) is 0.261. The Morgan fingerprint density at radius 3 is 2.40 bits per heavy atom.